The van der Waals surface area contributed by atoms with Gasteiger partial charge in [-0.1, -0.05) is 44.5 Å². The van der Waals surface area contributed by atoms with Crippen LogP contribution >= 0.6 is 0 Å². The number of benzene rings is 2. The Morgan fingerprint density at radius 3 is 2.49 bits per heavy atom. The number of unbranched alkanes of at least 4 members (excludes halogenated alkanes) is 1. The van der Waals surface area contributed by atoms with Crippen LogP contribution in [0.15, 0.2) is 65.7 Å². The Balaban J connectivity index is 1.82. The average molecular weight is 504 g/mol. The third-order valence-corrected chi connectivity index (χ3v) is 6.63. The Labute approximate surface area is 215 Å². The van der Waals surface area contributed by atoms with Crippen LogP contribution in [0, 0.1) is 18.6 Å². The van der Waals surface area contributed by atoms with E-state index in [1.807, 2.05) is 51.1 Å². The first-order valence-corrected chi connectivity index (χ1v) is 12.6. The number of halogens is 2. The summed E-state index contributed by atoms with van der Waals surface area (Å²) in [6.45, 7) is 5.88. The molecule has 0 bridgehead atoms. The highest BCUT2D eigenvalue weighted by Crippen LogP contribution is 2.32. The summed E-state index contributed by atoms with van der Waals surface area (Å²) >= 11 is 0. The van der Waals surface area contributed by atoms with Crippen molar-refractivity contribution in [2.45, 2.75) is 58.9 Å². The highest BCUT2D eigenvalue weighted by molar-refractivity contribution is 5.67. The number of hydrogen-bond donors (Lipinski definition) is 1. The van der Waals surface area contributed by atoms with Gasteiger partial charge in [-0.3, -0.25) is 14.3 Å². The first-order chi connectivity index (χ1) is 17.8. The number of pyridine rings is 1. The molecule has 0 radical (unpaired) electrons. The molecule has 1 N–H and O–H groups in total. The molecule has 0 aliphatic carbocycles. The van der Waals surface area contributed by atoms with Crippen LogP contribution in [0.1, 0.15) is 67.2 Å². The van der Waals surface area contributed by atoms with Crippen molar-refractivity contribution >= 4 is 0 Å². The summed E-state index contributed by atoms with van der Waals surface area (Å²) in [5.74, 6) is -1.19. The van der Waals surface area contributed by atoms with Crippen molar-refractivity contribution in [2.75, 3.05) is 0 Å². The second-order valence-electron chi connectivity index (χ2n) is 9.30. The van der Waals surface area contributed by atoms with Crippen LogP contribution in [0.4, 0.5) is 8.78 Å². The van der Waals surface area contributed by atoms with Crippen molar-refractivity contribution < 1.29 is 13.9 Å². The lowest BCUT2D eigenvalue weighted by Gasteiger charge is -2.25. The average Bonchev–Trinajstić information content (AvgIpc) is 2.87. The summed E-state index contributed by atoms with van der Waals surface area (Å²) < 4.78 is 29.8. The van der Waals surface area contributed by atoms with Gasteiger partial charge in [0.1, 0.15) is 17.5 Å². The monoisotopic (exact) mass is 503 g/mol. The lowest BCUT2D eigenvalue weighted by molar-refractivity contribution is 0.367. The Morgan fingerprint density at radius 1 is 1.05 bits per heavy atom. The van der Waals surface area contributed by atoms with Crippen molar-refractivity contribution in [3.05, 3.63) is 111 Å². The van der Waals surface area contributed by atoms with Gasteiger partial charge >= 0.3 is 0 Å². The van der Waals surface area contributed by atoms with Crippen LogP contribution < -0.4 is 5.56 Å². The molecule has 4 aromatic rings. The number of rotatable bonds is 9. The molecule has 2 aromatic heterocycles. The van der Waals surface area contributed by atoms with Gasteiger partial charge in [-0.05, 0) is 65.8 Å². The fourth-order valence-corrected chi connectivity index (χ4v) is 4.78. The van der Waals surface area contributed by atoms with E-state index in [0.29, 0.717) is 24.2 Å². The van der Waals surface area contributed by atoms with Gasteiger partial charge in [0.25, 0.3) is 5.56 Å². The van der Waals surface area contributed by atoms with Gasteiger partial charge in [0.15, 0.2) is 0 Å². The minimum atomic E-state index is -0.694. The fraction of sp³-hybridized carbons (Fsp3) is 0.300. The molecule has 0 amide bonds. The molecule has 1 atom stereocenters. The number of aromatic nitrogens is 3. The minimum absolute atomic E-state index is 0.152. The second kappa shape index (κ2) is 11.5. The summed E-state index contributed by atoms with van der Waals surface area (Å²) in [5, 5.41) is 11.5. The largest absolute Gasteiger partial charge is 0.494 e. The standard InChI is InChI=1S/C30H31F2N3O2/c1-4-6-10-28-34-29(36)26(14-20-8-7-9-21(13-20)25-11-12-33-18-19(25)3)30(37)35(28)27(5-2)22-15-23(31)17-24(32)16-22/h7-9,11-13,15-18,27,37H,4-6,10,14H2,1-3H3/t27-/m0/s1. The van der Waals surface area contributed by atoms with Crippen molar-refractivity contribution in [1.29, 1.82) is 0 Å². The van der Waals surface area contributed by atoms with Crippen LogP contribution in [0.2, 0.25) is 0 Å². The van der Waals surface area contributed by atoms with Gasteiger partial charge in [0, 0.05) is 31.3 Å². The predicted octanol–water partition coefficient (Wildman–Crippen LogP) is 6.53. The molecule has 0 saturated heterocycles. The van der Waals surface area contributed by atoms with Crippen molar-refractivity contribution in [3.63, 3.8) is 0 Å². The normalized spacial score (nSPS) is 12.0. The quantitative estimate of drug-likeness (QED) is 0.282. The predicted molar refractivity (Wildman–Crippen MR) is 141 cm³/mol. The van der Waals surface area contributed by atoms with E-state index in [4.69, 9.17) is 0 Å². The Bertz CT molecular complexity index is 1450. The molecule has 0 fully saturated rings. The van der Waals surface area contributed by atoms with E-state index in [-0.39, 0.29) is 17.9 Å². The Hall–Kier alpha value is -3.87. The van der Waals surface area contributed by atoms with Crippen LogP contribution in [-0.2, 0) is 12.8 Å². The zero-order valence-corrected chi connectivity index (χ0v) is 21.3. The van der Waals surface area contributed by atoms with Gasteiger partial charge in [-0.25, -0.2) is 8.78 Å². The molecule has 0 aliphatic rings. The van der Waals surface area contributed by atoms with E-state index in [1.165, 1.54) is 12.1 Å². The molecule has 0 aliphatic heterocycles. The maximum atomic E-state index is 14.1. The van der Waals surface area contributed by atoms with Gasteiger partial charge in [0.2, 0.25) is 5.88 Å². The summed E-state index contributed by atoms with van der Waals surface area (Å²) in [6, 6.07) is 12.5. The van der Waals surface area contributed by atoms with Crippen LogP contribution in [-0.4, -0.2) is 19.6 Å². The zero-order valence-electron chi connectivity index (χ0n) is 21.3. The molecule has 0 spiro atoms. The third kappa shape index (κ3) is 5.77. The molecule has 5 nitrogen and oxygen atoms in total. The number of hydrogen-bond acceptors (Lipinski definition) is 4. The van der Waals surface area contributed by atoms with Gasteiger partial charge in [-0.15, -0.1) is 0 Å². The molecular formula is C30H31F2N3O2. The van der Waals surface area contributed by atoms with E-state index < -0.39 is 23.2 Å². The van der Waals surface area contributed by atoms with Crippen LogP contribution in [0.5, 0.6) is 5.88 Å². The molecule has 2 aromatic carbocycles. The molecule has 7 heteroatoms. The lowest BCUT2D eigenvalue weighted by Crippen LogP contribution is -2.26. The molecular weight excluding hydrogens is 472 g/mol. The molecule has 4 rings (SSSR count). The molecule has 37 heavy (non-hydrogen) atoms. The smallest absolute Gasteiger partial charge is 0.280 e. The molecule has 192 valence electrons. The summed E-state index contributed by atoms with van der Waals surface area (Å²) in [4.78, 5) is 21.6. The van der Waals surface area contributed by atoms with Gasteiger partial charge < -0.3 is 5.11 Å². The van der Waals surface area contributed by atoms with Crippen molar-refractivity contribution in [2.24, 2.45) is 0 Å². The summed E-state index contributed by atoms with van der Waals surface area (Å²) in [5.41, 5.74) is 3.90. The third-order valence-electron chi connectivity index (χ3n) is 6.63. The fourth-order valence-electron chi connectivity index (χ4n) is 4.78. The molecule has 2 heterocycles. The van der Waals surface area contributed by atoms with Gasteiger partial charge in [-0.2, -0.15) is 4.98 Å². The van der Waals surface area contributed by atoms with Crippen LogP contribution in [0.3, 0.4) is 0 Å². The topological polar surface area (TPSA) is 68.0 Å². The highest BCUT2D eigenvalue weighted by Gasteiger charge is 2.24. The Morgan fingerprint density at radius 2 is 1.81 bits per heavy atom. The number of aryl methyl sites for hydroxylation is 2. The van der Waals surface area contributed by atoms with Crippen molar-refractivity contribution in [1.82, 2.24) is 14.5 Å². The molecule has 0 saturated carbocycles. The maximum Gasteiger partial charge on any atom is 0.280 e. The lowest BCUT2D eigenvalue weighted by atomic mass is 9.97. The van der Waals surface area contributed by atoms with Crippen LogP contribution in [0.25, 0.3) is 11.1 Å². The second-order valence-corrected chi connectivity index (χ2v) is 9.30. The van der Waals surface area contributed by atoms with E-state index >= 15 is 0 Å². The first-order valence-electron chi connectivity index (χ1n) is 12.6. The van der Waals surface area contributed by atoms with E-state index in [1.54, 1.807) is 17.0 Å². The number of aromatic hydroxyl groups is 1. The maximum absolute atomic E-state index is 14.1. The van der Waals surface area contributed by atoms with Crippen molar-refractivity contribution in [3.8, 4) is 17.0 Å². The van der Waals surface area contributed by atoms with Gasteiger partial charge in [0.05, 0.1) is 11.6 Å². The first kappa shape index (κ1) is 26.2. The number of nitrogens with zero attached hydrogens (tertiary/aromatic N) is 3. The van der Waals surface area contributed by atoms with E-state index in [9.17, 15) is 18.7 Å². The van der Waals surface area contributed by atoms with E-state index in [0.717, 1.165) is 41.2 Å². The summed E-state index contributed by atoms with van der Waals surface area (Å²) in [6.07, 6.45) is 6.22. The summed E-state index contributed by atoms with van der Waals surface area (Å²) in [7, 11) is 0. The Kier molecular flexibility index (Phi) is 8.11. The minimum Gasteiger partial charge on any atom is -0.494 e. The zero-order chi connectivity index (χ0) is 26.5. The molecule has 0 unspecified atom stereocenters. The van der Waals surface area contributed by atoms with E-state index in [2.05, 4.69) is 9.97 Å². The highest BCUT2D eigenvalue weighted by atomic mass is 19.1. The SMILES string of the molecule is CCCCc1nc(=O)c(Cc2cccc(-c3ccncc3C)c2)c(O)n1[C@@H](CC)c1cc(F)cc(F)c1.